The SMILES string of the molecule is O=C(c1cccnc1)[C@H]1CCCN(C(=O)C2(c3ccc(F)cc3)CC2)C1. The summed E-state index contributed by atoms with van der Waals surface area (Å²) >= 11 is 0. The number of ketones is 1. The maximum Gasteiger partial charge on any atom is 0.233 e. The number of carbonyl (C=O) groups excluding carboxylic acids is 2. The van der Waals surface area contributed by atoms with Gasteiger partial charge in [0.05, 0.1) is 5.41 Å². The minimum absolute atomic E-state index is 0.0576. The van der Waals surface area contributed by atoms with Crippen molar-refractivity contribution in [2.45, 2.75) is 31.1 Å². The first kappa shape index (κ1) is 16.9. The van der Waals surface area contributed by atoms with Crippen molar-refractivity contribution in [3.05, 3.63) is 65.7 Å². The molecule has 1 aromatic heterocycles. The van der Waals surface area contributed by atoms with Crippen molar-refractivity contribution >= 4 is 11.7 Å². The Labute approximate surface area is 152 Å². The van der Waals surface area contributed by atoms with Crippen LogP contribution in [0.25, 0.3) is 0 Å². The number of pyridine rings is 1. The fourth-order valence-electron chi connectivity index (χ4n) is 3.94. The van der Waals surface area contributed by atoms with Crippen LogP contribution in [0.15, 0.2) is 48.8 Å². The van der Waals surface area contributed by atoms with Crippen LogP contribution in [0.2, 0.25) is 0 Å². The fourth-order valence-corrected chi connectivity index (χ4v) is 3.94. The lowest BCUT2D eigenvalue weighted by Gasteiger charge is -2.34. The number of amides is 1. The third kappa shape index (κ3) is 3.02. The van der Waals surface area contributed by atoms with Crippen LogP contribution >= 0.6 is 0 Å². The Morgan fingerprint density at radius 1 is 1.15 bits per heavy atom. The van der Waals surface area contributed by atoms with E-state index < -0.39 is 5.41 Å². The van der Waals surface area contributed by atoms with Gasteiger partial charge in [0.2, 0.25) is 5.91 Å². The Hall–Kier alpha value is -2.56. The highest BCUT2D eigenvalue weighted by Gasteiger charge is 2.53. The van der Waals surface area contributed by atoms with Gasteiger partial charge in [-0.25, -0.2) is 4.39 Å². The molecule has 1 saturated heterocycles. The van der Waals surface area contributed by atoms with Crippen LogP contribution in [0.1, 0.15) is 41.6 Å². The average molecular weight is 352 g/mol. The summed E-state index contributed by atoms with van der Waals surface area (Å²) in [5, 5.41) is 0. The highest BCUT2D eigenvalue weighted by Crippen LogP contribution is 2.50. The van der Waals surface area contributed by atoms with Crippen LogP contribution in [0.4, 0.5) is 4.39 Å². The van der Waals surface area contributed by atoms with Crippen LogP contribution in [-0.2, 0) is 10.2 Å². The van der Waals surface area contributed by atoms with Crippen molar-refractivity contribution in [1.29, 1.82) is 0 Å². The largest absolute Gasteiger partial charge is 0.341 e. The Morgan fingerprint density at radius 2 is 1.92 bits per heavy atom. The standard InChI is InChI=1S/C21H21FN2O2/c22-18-7-5-17(6-8-18)21(9-10-21)20(26)24-12-2-4-16(14-24)19(25)15-3-1-11-23-13-15/h1,3,5-8,11,13,16H,2,4,9-10,12,14H2/t16-/m0/s1. The van der Waals surface area contributed by atoms with Crippen LogP contribution in [0.5, 0.6) is 0 Å². The number of rotatable bonds is 4. The molecule has 2 fully saturated rings. The molecular formula is C21H21FN2O2. The molecule has 26 heavy (non-hydrogen) atoms. The summed E-state index contributed by atoms with van der Waals surface area (Å²) in [6.07, 6.45) is 6.42. The third-order valence-corrected chi connectivity index (χ3v) is 5.58. The van der Waals surface area contributed by atoms with Gasteiger partial charge in [0.1, 0.15) is 5.82 Å². The van der Waals surface area contributed by atoms with Gasteiger partial charge in [-0.3, -0.25) is 14.6 Å². The first-order valence-electron chi connectivity index (χ1n) is 9.10. The Bertz CT molecular complexity index is 816. The maximum absolute atomic E-state index is 13.2. The smallest absolute Gasteiger partial charge is 0.233 e. The molecule has 0 radical (unpaired) electrons. The molecule has 4 rings (SSSR count). The molecule has 1 aliphatic heterocycles. The summed E-state index contributed by atoms with van der Waals surface area (Å²) in [4.78, 5) is 31.8. The summed E-state index contributed by atoms with van der Waals surface area (Å²) in [7, 11) is 0. The molecule has 5 heteroatoms. The van der Waals surface area contributed by atoms with E-state index >= 15 is 0 Å². The second-order valence-corrected chi connectivity index (χ2v) is 7.29. The summed E-state index contributed by atoms with van der Waals surface area (Å²) in [5.74, 6) is -0.340. The molecule has 1 amide bonds. The molecule has 0 unspecified atom stereocenters. The number of piperidine rings is 1. The Kier molecular flexibility index (Phi) is 4.31. The number of Topliss-reactive ketones (excluding diaryl/α,β-unsaturated/α-hetero) is 1. The molecule has 4 nitrogen and oxygen atoms in total. The number of likely N-dealkylation sites (tertiary alicyclic amines) is 1. The Balaban J connectivity index is 1.50. The molecule has 2 aliphatic rings. The summed E-state index contributed by atoms with van der Waals surface area (Å²) in [6, 6.07) is 9.77. The normalized spacial score (nSPS) is 21.3. The van der Waals surface area contributed by atoms with Crippen molar-refractivity contribution in [3.8, 4) is 0 Å². The molecule has 1 atom stereocenters. The molecule has 1 saturated carbocycles. The molecule has 2 heterocycles. The van der Waals surface area contributed by atoms with Gasteiger partial charge in [-0.1, -0.05) is 12.1 Å². The minimum Gasteiger partial charge on any atom is -0.341 e. The van der Waals surface area contributed by atoms with E-state index in [0.29, 0.717) is 18.7 Å². The van der Waals surface area contributed by atoms with Crippen molar-refractivity contribution in [2.75, 3.05) is 13.1 Å². The van der Waals surface area contributed by atoms with E-state index in [1.807, 2.05) is 4.90 Å². The van der Waals surface area contributed by atoms with Crippen molar-refractivity contribution in [1.82, 2.24) is 9.88 Å². The first-order valence-corrected chi connectivity index (χ1v) is 9.10. The number of aromatic nitrogens is 1. The van der Waals surface area contributed by atoms with Crippen LogP contribution in [0.3, 0.4) is 0 Å². The average Bonchev–Trinajstić information content (AvgIpc) is 3.50. The lowest BCUT2D eigenvalue weighted by atomic mass is 9.88. The van der Waals surface area contributed by atoms with Crippen LogP contribution in [0, 0.1) is 11.7 Å². The number of hydrogen-bond donors (Lipinski definition) is 0. The maximum atomic E-state index is 13.2. The fraction of sp³-hybridized carbons (Fsp3) is 0.381. The molecule has 0 bridgehead atoms. The lowest BCUT2D eigenvalue weighted by Crippen LogP contribution is -2.46. The highest BCUT2D eigenvalue weighted by molar-refractivity contribution is 5.98. The van der Waals surface area contributed by atoms with E-state index in [2.05, 4.69) is 4.98 Å². The monoisotopic (exact) mass is 352 g/mol. The number of benzene rings is 1. The first-order chi connectivity index (χ1) is 12.6. The second kappa shape index (κ2) is 6.63. The molecular weight excluding hydrogens is 331 g/mol. The van der Waals surface area contributed by atoms with Crippen LogP contribution < -0.4 is 0 Å². The lowest BCUT2D eigenvalue weighted by molar-refractivity contribution is -0.135. The number of nitrogens with zero attached hydrogens (tertiary/aromatic N) is 2. The molecule has 1 aliphatic carbocycles. The molecule has 0 spiro atoms. The van der Waals surface area contributed by atoms with Gasteiger partial charge in [-0.05, 0) is 55.5 Å². The van der Waals surface area contributed by atoms with Crippen molar-refractivity contribution < 1.29 is 14.0 Å². The van der Waals surface area contributed by atoms with Gasteiger partial charge in [-0.15, -0.1) is 0 Å². The summed E-state index contributed by atoms with van der Waals surface area (Å²) in [5.41, 5.74) is 0.962. The zero-order chi connectivity index (χ0) is 18.1. The third-order valence-electron chi connectivity index (χ3n) is 5.58. The van der Waals surface area contributed by atoms with E-state index in [4.69, 9.17) is 0 Å². The number of carbonyl (C=O) groups is 2. The van der Waals surface area contributed by atoms with Gasteiger partial charge in [-0.2, -0.15) is 0 Å². The molecule has 1 aromatic carbocycles. The van der Waals surface area contributed by atoms with E-state index in [1.165, 1.54) is 12.1 Å². The predicted molar refractivity (Wildman–Crippen MR) is 95.2 cm³/mol. The van der Waals surface area contributed by atoms with Gasteiger partial charge in [0.25, 0.3) is 0 Å². The Morgan fingerprint density at radius 3 is 2.58 bits per heavy atom. The van der Waals surface area contributed by atoms with Gasteiger partial charge < -0.3 is 4.90 Å². The molecule has 2 aromatic rings. The van der Waals surface area contributed by atoms with E-state index in [0.717, 1.165) is 31.2 Å². The predicted octanol–water partition coefficient (Wildman–Crippen LogP) is 3.37. The van der Waals surface area contributed by atoms with E-state index in [9.17, 15) is 14.0 Å². The number of halogens is 1. The van der Waals surface area contributed by atoms with Crippen molar-refractivity contribution in [3.63, 3.8) is 0 Å². The van der Waals surface area contributed by atoms with E-state index in [-0.39, 0.29) is 23.4 Å². The van der Waals surface area contributed by atoms with Crippen LogP contribution in [-0.4, -0.2) is 34.7 Å². The van der Waals surface area contributed by atoms with Gasteiger partial charge >= 0.3 is 0 Å². The summed E-state index contributed by atoms with van der Waals surface area (Å²) < 4.78 is 13.2. The zero-order valence-corrected chi connectivity index (χ0v) is 14.5. The minimum atomic E-state index is -0.521. The molecule has 134 valence electrons. The molecule has 0 N–H and O–H groups in total. The quantitative estimate of drug-likeness (QED) is 0.793. The topological polar surface area (TPSA) is 50.3 Å². The number of hydrogen-bond acceptors (Lipinski definition) is 3. The zero-order valence-electron chi connectivity index (χ0n) is 14.5. The van der Waals surface area contributed by atoms with Crippen molar-refractivity contribution in [2.24, 2.45) is 5.92 Å². The second-order valence-electron chi connectivity index (χ2n) is 7.29. The van der Waals surface area contributed by atoms with Gasteiger partial charge in [0.15, 0.2) is 5.78 Å². The summed E-state index contributed by atoms with van der Waals surface area (Å²) in [6.45, 7) is 1.13. The van der Waals surface area contributed by atoms with Gasteiger partial charge in [0, 0.05) is 37.0 Å². The highest BCUT2D eigenvalue weighted by atomic mass is 19.1. The van der Waals surface area contributed by atoms with E-state index in [1.54, 1.807) is 36.7 Å².